The number of hydrogen-bond acceptors (Lipinski definition) is 6. The zero-order valence-electron chi connectivity index (χ0n) is 24.1. The minimum absolute atomic E-state index is 0.249. The smallest absolute Gasteiger partial charge is 0.423 e. The molecule has 2 N–H and O–H groups in total. The first-order chi connectivity index (χ1) is 19.0. The van der Waals surface area contributed by atoms with Crippen molar-refractivity contribution in [2.24, 2.45) is 5.73 Å². The van der Waals surface area contributed by atoms with E-state index < -0.39 is 64.3 Å². The van der Waals surface area contributed by atoms with Gasteiger partial charge >= 0.3 is 18.2 Å². The molecule has 1 saturated heterocycles. The lowest BCUT2D eigenvalue weighted by Gasteiger charge is -2.40. The average molecular weight is 575 g/mol. The molecule has 12 heteroatoms. The number of nitrogens with zero attached hydrogens (tertiary/aromatic N) is 3. The van der Waals surface area contributed by atoms with Crippen molar-refractivity contribution in [1.29, 1.82) is 0 Å². The van der Waals surface area contributed by atoms with Crippen LogP contribution < -0.4 is 15.5 Å². The van der Waals surface area contributed by atoms with E-state index in [2.05, 4.69) is 0 Å². The largest absolute Gasteiger partial charge is 0.444 e. The minimum atomic E-state index is -1.28. The first kappa shape index (κ1) is 31.3. The summed E-state index contributed by atoms with van der Waals surface area (Å²) in [7, 11) is 0. The van der Waals surface area contributed by atoms with E-state index in [9.17, 15) is 23.6 Å². The molecule has 10 nitrogen and oxygen atoms in total. The fourth-order valence-electron chi connectivity index (χ4n) is 4.29. The molecule has 1 aliphatic rings. The number of halogens is 2. The number of primary amides is 1. The van der Waals surface area contributed by atoms with Crippen LogP contribution >= 0.6 is 0 Å². The van der Waals surface area contributed by atoms with E-state index in [1.807, 2.05) is 0 Å². The molecule has 1 heterocycles. The monoisotopic (exact) mass is 574 g/mol. The quantitative estimate of drug-likeness (QED) is 0.490. The first-order valence-corrected chi connectivity index (χ1v) is 13.2. The van der Waals surface area contributed by atoms with Crippen LogP contribution in [-0.2, 0) is 9.47 Å². The number of ether oxygens (including phenoxy) is 2. The molecule has 0 aliphatic carbocycles. The van der Waals surface area contributed by atoms with Crippen molar-refractivity contribution in [3.05, 3.63) is 59.7 Å². The maximum absolute atomic E-state index is 15.2. The number of nitrogens with two attached hydrogens (primary N) is 1. The van der Waals surface area contributed by atoms with Crippen LogP contribution in [0.2, 0.25) is 0 Å². The molecule has 0 bridgehead atoms. The zero-order valence-corrected chi connectivity index (χ0v) is 24.1. The highest BCUT2D eigenvalue weighted by Crippen LogP contribution is 2.31. The van der Waals surface area contributed by atoms with E-state index >= 15 is 4.39 Å². The Bertz CT molecular complexity index is 1300. The fourth-order valence-corrected chi connectivity index (χ4v) is 4.29. The summed E-state index contributed by atoms with van der Waals surface area (Å²) in [6.45, 7) is 10.5. The maximum atomic E-state index is 15.2. The lowest BCUT2D eigenvalue weighted by Crippen LogP contribution is -2.55. The number of piperidine rings is 1. The lowest BCUT2D eigenvalue weighted by atomic mass is 10.0. The predicted molar refractivity (Wildman–Crippen MR) is 149 cm³/mol. The SMILES string of the molecule is CC(C)(C)OC(=O)N1CCC(N(C(=O)N(C(=O)OC(C)(C)C)c2cc(C(N)=O)c(F)cc2F)c2ccccc2)CC1. The number of benzene rings is 2. The van der Waals surface area contributed by atoms with E-state index in [1.165, 1.54) is 9.80 Å². The van der Waals surface area contributed by atoms with Gasteiger partial charge in [0, 0.05) is 30.9 Å². The lowest BCUT2D eigenvalue weighted by molar-refractivity contribution is 0.0206. The highest BCUT2D eigenvalue weighted by Gasteiger charge is 2.39. The normalized spacial score (nSPS) is 14.3. The van der Waals surface area contributed by atoms with Gasteiger partial charge in [0.25, 0.3) is 5.91 Å². The van der Waals surface area contributed by atoms with Crippen molar-refractivity contribution in [2.75, 3.05) is 22.9 Å². The second-order valence-electron chi connectivity index (χ2n) is 11.7. The van der Waals surface area contributed by atoms with E-state index in [0.29, 0.717) is 35.6 Å². The number of anilines is 2. The van der Waals surface area contributed by atoms with E-state index in [4.69, 9.17) is 15.2 Å². The van der Waals surface area contributed by atoms with Crippen molar-refractivity contribution in [3.8, 4) is 0 Å². The van der Waals surface area contributed by atoms with Gasteiger partial charge in [-0.15, -0.1) is 0 Å². The zero-order chi connectivity index (χ0) is 30.7. The van der Waals surface area contributed by atoms with Gasteiger partial charge in [0.2, 0.25) is 0 Å². The van der Waals surface area contributed by atoms with Crippen LogP contribution in [0.3, 0.4) is 0 Å². The van der Waals surface area contributed by atoms with E-state index in [1.54, 1.807) is 71.9 Å². The molecule has 0 spiro atoms. The van der Waals surface area contributed by atoms with Gasteiger partial charge in [-0.1, -0.05) is 18.2 Å². The van der Waals surface area contributed by atoms with Gasteiger partial charge in [-0.2, -0.15) is 4.90 Å². The van der Waals surface area contributed by atoms with Crippen LogP contribution in [0.1, 0.15) is 64.7 Å². The number of carbonyl (C=O) groups is 4. The number of hydrogen-bond donors (Lipinski definition) is 1. The van der Waals surface area contributed by atoms with Gasteiger partial charge in [0.15, 0.2) is 5.82 Å². The summed E-state index contributed by atoms with van der Waals surface area (Å²) in [6.07, 6.45) is -1.12. The van der Waals surface area contributed by atoms with Gasteiger partial charge in [-0.05, 0) is 72.6 Å². The van der Waals surface area contributed by atoms with Crippen LogP contribution in [0, 0.1) is 11.6 Å². The first-order valence-electron chi connectivity index (χ1n) is 13.2. The number of urea groups is 1. The Morgan fingerprint density at radius 2 is 1.44 bits per heavy atom. The predicted octanol–water partition coefficient (Wildman–Crippen LogP) is 5.83. The molecule has 1 fully saturated rings. The van der Waals surface area contributed by atoms with Crippen molar-refractivity contribution >= 4 is 35.5 Å². The Balaban J connectivity index is 2.05. The Morgan fingerprint density at radius 1 is 0.878 bits per heavy atom. The summed E-state index contributed by atoms with van der Waals surface area (Å²) in [6, 6.07) is 7.95. The van der Waals surface area contributed by atoms with Gasteiger partial charge in [-0.25, -0.2) is 23.2 Å². The molecule has 41 heavy (non-hydrogen) atoms. The summed E-state index contributed by atoms with van der Waals surface area (Å²) in [5.41, 5.74) is 2.46. The topological polar surface area (TPSA) is 122 Å². The molecule has 1 aliphatic heterocycles. The molecule has 2 aromatic rings. The molecule has 222 valence electrons. The van der Waals surface area contributed by atoms with Crippen LogP contribution in [0.4, 0.5) is 34.5 Å². The number of rotatable bonds is 4. The Labute approximate surface area is 238 Å². The molecular weight excluding hydrogens is 538 g/mol. The van der Waals surface area contributed by atoms with E-state index in [0.717, 1.165) is 0 Å². The van der Waals surface area contributed by atoms with Gasteiger partial charge in [0.05, 0.1) is 11.3 Å². The minimum Gasteiger partial charge on any atom is -0.444 e. The number of para-hydroxylation sites is 1. The Hall–Kier alpha value is -4.22. The van der Waals surface area contributed by atoms with Crippen molar-refractivity contribution in [1.82, 2.24) is 4.90 Å². The van der Waals surface area contributed by atoms with Crippen molar-refractivity contribution in [2.45, 2.75) is 71.6 Å². The summed E-state index contributed by atoms with van der Waals surface area (Å²) >= 11 is 0. The molecule has 0 atom stereocenters. The van der Waals surface area contributed by atoms with Crippen molar-refractivity contribution < 1.29 is 37.4 Å². The molecule has 2 aromatic carbocycles. The molecule has 3 rings (SSSR count). The van der Waals surface area contributed by atoms with Crippen LogP contribution in [0.25, 0.3) is 0 Å². The number of amides is 5. The third kappa shape index (κ3) is 7.92. The van der Waals surface area contributed by atoms with Gasteiger partial charge in [0.1, 0.15) is 17.0 Å². The van der Waals surface area contributed by atoms with Crippen LogP contribution in [-0.4, -0.2) is 59.4 Å². The standard InChI is InChI=1S/C29H36F2N4O6/c1-28(2,3)40-26(38)33-14-12-19(13-15-33)34(18-10-8-7-9-11-18)25(37)35(27(39)41-29(4,5)6)23-16-20(24(32)36)21(30)17-22(23)31/h7-11,16-17,19H,12-15H2,1-6H3,(H2,32,36). The third-order valence-corrected chi connectivity index (χ3v) is 6.03. The highest BCUT2D eigenvalue weighted by atomic mass is 19.1. The summed E-state index contributed by atoms with van der Waals surface area (Å²) in [5, 5.41) is 0. The Kier molecular flexibility index (Phi) is 9.25. The van der Waals surface area contributed by atoms with E-state index in [-0.39, 0.29) is 13.1 Å². The number of carbonyl (C=O) groups excluding carboxylic acids is 4. The maximum Gasteiger partial charge on any atom is 0.423 e. The summed E-state index contributed by atoms with van der Waals surface area (Å²) in [5.74, 6) is -3.74. The Morgan fingerprint density at radius 3 is 1.95 bits per heavy atom. The highest BCUT2D eigenvalue weighted by molar-refractivity contribution is 6.18. The second kappa shape index (κ2) is 12.1. The van der Waals surface area contributed by atoms with Gasteiger partial charge in [-0.3, -0.25) is 9.69 Å². The third-order valence-electron chi connectivity index (χ3n) is 6.03. The second-order valence-corrected chi connectivity index (χ2v) is 11.7. The molecule has 0 radical (unpaired) electrons. The molecule has 0 unspecified atom stereocenters. The number of imide groups is 1. The molecule has 5 amide bonds. The van der Waals surface area contributed by atoms with Crippen molar-refractivity contribution in [3.63, 3.8) is 0 Å². The van der Waals surface area contributed by atoms with Gasteiger partial charge < -0.3 is 20.1 Å². The molecule has 0 saturated carbocycles. The van der Waals surface area contributed by atoms with Crippen LogP contribution in [0.5, 0.6) is 0 Å². The number of likely N-dealkylation sites (tertiary alicyclic amines) is 1. The summed E-state index contributed by atoms with van der Waals surface area (Å²) in [4.78, 5) is 55.4. The fraction of sp³-hybridized carbons (Fsp3) is 0.448. The van der Waals surface area contributed by atoms with Crippen LogP contribution in [0.15, 0.2) is 42.5 Å². The molecular formula is C29H36F2N4O6. The molecule has 0 aromatic heterocycles. The average Bonchev–Trinajstić information content (AvgIpc) is 2.84. The summed E-state index contributed by atoms with van der Waals surface area (Å²) < 4.78 is 40.4.